The molecule has 0 amide bonds. The predicted octanol–water partition coefficient (Wildman–Crippen LogP) is 3.73. The van der Waals surface area contributed by atoms with Gasteiger partial charge in [0, 0.05) is 17.8 Å². The second kappa shape index (κ2) is 6.92. The van der Waals surface area contributed by atoms with E-state index in [2.05, 4.69) is 35.0 Å². The molecule has 0 saturated carbocycles. The van der Waals surface area contributed by atoms with Crippen LogP contribution in [0.15, 0.2) is 53.9 Å². The molecule has 0 fully saturated rings. The van der Waals surface area contributed by atoms with Crippen LogP contribution in [0.5, 0.6) is 5.75 Å². The van der Waals surface area contributed by atoms with E-state index in [-0.39, 0.29) is 0 Å². The zero-order valence-corrected chi connectivity index (χ0v) is 13.3. The highest BCUT2D eigenvalue weighted by Gasteiger charge is 2.09. The van der Waals surface area contributed by atoms with E-state index in [9.17, 15) is 5.11 Å². The summed E-state index contributed by atoms with van der Waals surface area (Å²) in [5, 5.41) is 17.1. The number of aliphatic hydroxyl groups excluding tert-OH is 1. The molecule has 3 rings (SSSR count). The van der Waals surface area contributed by atoms with Gasteiger partial charge in [-0.3, -0.25) is 0 Å². The number of hydrogen-bond acceptors (Lipinski definition) is 4. The maximum Gasteiger partial charge on any atom is 0.119 e. The van der Waals surface area contributed by atoms with Crippen LogP contribution in [0.4, 0.5) is 0 Å². The number of aliphatic hydroxyl groups is 1. The molecule has 22 heavy (non-hydrogen) atoms. The van der Waals surface area contributed by atoms with Gasteiger partial charge in [0.15, 0.2) is 0 Å². The van der Waals surface area contributed by atoms with Crippen molar-refractivity contribution in [3.63, 3.8) is 0 Å². The van der Waals surface area contributed by atoms with Gasteiger partial charge in [-0.2, -0.15) is 0 Å². The molecule has 0 aliphatic rings. The quantitative estimate of drug-likeness (QED) is 0.728. The molecule has 2 N–H and O–H groups in total. The summed E-state index contributed by atoms with van der Waals surface area (Å²) in [4.78, 5) is 0. The number of hydrogen-bond donors (Lipinski definition) is 2. The van der Waals surface area contributed by atoms with Crippen LogP contribution in [0.3, 0.4) is 0 Å². The number of fused-ring (bicyclic) bond motifs is 1. The van der Waals surface area contributed by atoms with Gasteiger partial charge >= 0.3 is 0 Å². The Kier molecular flexibility index (Phi) is 4.73. The normalized spacial score (nSPS) is 12.5. The van der Waals surface area contributed by atoms with E-state index in [1.54, 1.807) is 18.4 Å². The van der Waals surface area contributed by atoms with E-state index in [0.717, 1.165) is 17.9 Å². The van der Waals surface area contributed by atoms with Crippen molar-refractivity contribution in [3.8, 4) is 5.75 Å². The van der Waals surface area contributed by atoms with Crippen molar-refractivity contribution in [1.82, 2.24) is 5.32 Å². The summed E-state index contributed by atoms with van der Waals surface area (Å²) in [5.74, 6) is 0.764. The summed E-state index contributed by atoms with van der Waals surface area (Å²) >= 11 is 1.76. The molecule has 3 aromatic rings. The highest BCUT2D eigenvalue weighted by molar-refractivity contribution is 7.17. The van der Waals surface area contributed by atoms with Crippen LogP contribution in [0.2, 0.25) is 0 Å². The van der Waals surface area contributed by atoms with Crippen molar-refractivity contribution < 1.29 is 9.84 Å². The summed E-state index contributed by atoms with van der Waals surface area (Å²) < 4.78 is 6.49. The Morgan fingerprint density at radius 3 is 2.91 bits per heavy atom. The van der Waals surface area contributed by atoms with Crippen molar-refractivity contribution in [2.45, 2.75) is 12.6 Å². The zero-order chi connectivity index (χ0) is 15.4. The maximum absolute atomic E-state index is 10.3. The van der Waals surface area contributed by atoms with Gasteiger partial charge in [-0.25, -0.2) is 0 Å². The topological polar surface area (TPSA) is 41.5 Å². The Morgan fingerprint density at radius 1 is 1.18 bits per heavy atom. The van der Waals surface area contributed by atoms with Gasteiger partial charge in [0.05, 0.1) is 13.2 Å². The predicted molar refractivity (Wildman–Crippen MR) is 91.5 cm³/mol. The second-order valence-corrected chi connectivity index (χ2v) is 6.09. The minimum Gasteiger partial charge on any atom is -0.497 e. The Labute approximate surface area is 134 Å². The van der Waals surface area contributed by atoms with Crippen LogP contribution in [-0.2, 0) is 6.54 Å². The fourth-order valence-corrected chi connectivity index (χ4v) is 3.44. The van der Waals surface area contributed by atoms with E-state index in [1.807, 2.05) is 24.3 Å². The van der Waals surface area contributed by atoms with E-state index >= 15 is 0 Å². The minimum atomic E-state index is -0.542. The van der Waals surface area contributed by atoms with Gasteiger partial charge in [-0.15, -0.1) is 11.3 Å². The SMILES string of the molecule is COc1cccc(C(O)CNCc2csc3ccccc23)c1. The molecule has 1 atom stereocenters. The van der Waals surface area contributed by atoms with E-state index in [0.29, 0.717) is 6.54 Å². The van der Waals surface area contributed by atoms with Crippen molar-refractivity contribution in [2.24, 2.45) is 0 Å². The third-order valence-electron chi connectivity index (χ3n) is 3.69. The fourth-order valence-electron chi connectivity index (χ4n) is 2.48. The lowest BCUT2D eigenvalue weighted by Gasteiger charge is -2.13. The molecule has 1 heterocycles. The number of thiophene rings is 1. The molecule has 0 spiro atoms. The minimum absolute atomic E-state index is 0.511. The summed E-state index contributed by atoms with van der Waals surface area (Å²) in [7, 11) is 1.63. The summed E-state index contributed by atoms with van der Waals surface area (Å²) in [5.41, 5.74) is 2.14. The first kappa shape index (κ1) is 15.0. The van der Waals surface area contributed by atoms with Gasteiger partial charge in [0.25, 0.3) is 0 Å². The maximum atomic E-state index is 10.3. The van der Waals surface area contributed by atoms with E-state index in [4.69, 9.17) is 4.74 Å². The first-order valence-corrected chi connectivity index (χ1v) is 8.14. The standard InChI is InChI=1S/C18H19NO2S/c1-21-15-6-4-5-13(9-15)17(20)11-19-10-14-12-22-18-8-3-2-7-16(14)18/h2-9,12,17,19-20H,10-11H2,1H3. The number of ether oxygens (including phenoxy) is 1. The van der Waals surface area contributed by atoms with Crippen LogP contribution in [0, 0.1) is 0 Å². The Hall–Kier alpha value is -1.88. The molecule has 0 bridgehead atoms. The third kappa shape index (κ3) is 3.30. The molecule has 2 aromatic carbocycles. The number of nitrogens with one attached hydrogen (secondary N) is 1. The molecule has 1 aromatic heterocycles. The van der Waals surface area contributed by atoms with Crippen LogP contribution < -0.4 is 10.1 Å². The molecular weight excluding hydrogens is 294 g/mol. The summed E-state index contributed by atoms with van der Waals surface area (Å²) in [6.07, 6.45) is -0.542. The monoisotopic (exact) mass is 313 g/mol. The molecule has 3 nitrogen and oxygen atoms in total. The lowest BCUT2D eigenvalue weighted by molar-refractivity contribution is 0.174. The zero-order valence-electron chi connectivity index (χ0n) is 12.5. The van der Waals surface area contributed by atoms with Crippen molar-refractivity contribution in [3.05, 3.63) is 65.0 Å². The highest BCUT2D eigenvalue weighted by atomic mass is 32.1. The largest absolute Gasteiger partial charge is 0.497 e. The summed E-state index contributed by atoms with van der Waals surface area (Å²) in [6.45, 7) is 1.27. The molecular formula is C18H19NO2S. The van der Waals surface area contributed by atoms with Crippen molar-refractivity contribution >= 4 is 21.4 Å². The molecule has 0 saturated heterocycles. The Balaban J connectivity index is 1.60. The van der Waals surface area contributed by atoms with E-state index in [1.165, 1.54) is 15.6 Å². The average Bonchev–Trinajstić information content (AvgIpc) is 2.98. The summed E-state index contributed by atoms with van der Waals surface area (Å²) in [6, 6.07) is 15.9. The number of rotatable bonds is 6. The van der Waals surface area contributed by atoms with Crippen molar-refractivity contribution in [2.75, 3.05) is 13.7 Å². The smallest absolute Gasteiger partial charge is 0.119 e. The fraction of sp³-hybridized carbons (Fsp3) is 0.222. The van der Waals surface area contributed by atoms with Crippen molar-refractivity contribution in [1.29, 1.82) is 0 Å². The van der Waals surface area contributed by atoms with Gasteiger partial charge in [-0.1, -0.05) is 30.3 Å². The molecule has 4 heteroatoms. The highest BCUT2D eigenvalue weighted by Crippen LogP contribution is 2.25. The van der Waals surface area contributed by atoms with Crippen LogP contribution in [-0.4, -0.2) is 18.8 Å². The second-order valence-electron chi connectivity index (χ2n) is 5.18. The third-order valence-corrected chi connectivity index (χ3v) is 4.71. The van der Waals surface area contributed by atoms with Crippen LogP contribution >= 0.6 is 11.3 Å². The molecule has 1 unspecified atom stereocenters. The Bertz CT molecular complexity index is 753. The number of methoxy groups -OCH3 is 1. The lowest BCUT2D eigenvalue weighted by Crippen LogP contribution is -2.20. The van der Waals surface area contributed by atoms with Gasteiger partial charge in [0.1, 0.15) is 5.75 Å². The van der Waals surface area contributed by atoms with Crippen LogP contribution in [0.25, 0.3) is 10.1 Å². The number of benzene rings is 2. The van der Waals surface area contributed by atoms with E-state index < -0.39 is 6.10 Å². The van der Waals surface area contributed by atoms with Gasteiger partial charge in [-0.05, 0) is 40.1 Å². The molecule has 0 aliphatic carbocycles. The lowest BCUT2D eigenvalue weighted by atomic mass is 10.1. The first-order valence-electron chi connectivity index (χ1n) is 7.26. The molecule has 0 aliphatic heterocycles. The molecule has 114 valence electrons. The Morgan fingerprint density at radius 2 is 2.05 bits per heavy atom. The van der Waals surface area contributed by atoms with Gasteiger partial charge in [0.2, 0.25) is 0 Å². The average molecular weight is 313 g/mol. The first-order chi connectivity index (χ1) is 10.8. The molecule has 0 radical (unpaired) electrons. The van der Waals surface area contributed by atoms with Crippen LogP contribution in [0.1, 0.15) is 17.2 Å². The van der Waals surface area contributed by atoms with Gasteiger partial charge < -0.3 is 15.2 Å².